The van der Waals surface area contributed by atoms with E-state index in [2.05, 4.69) is 27.7 Å². The molecule has 0 unspecified atom stereocenters. The maximum Gasteiger partial charge on any atom is 0.163 e. The molecule has 4 rings (SSSR count). The number of carbonyl (C=O) groups is 2. The molecule has 0 fully saturated rings. The predicted molar refractivity (Wildman–Crippen MR) is 123 cm³/mol. The van der Waals surface area contributed by atoms with Crippen molar-refractivity contribution in [3.05, 3.63) is 46.4 Å². The number of hydrogen-bond donors (Lipinski definition) is 0. The molecule has 0 saturated carbocycles. The zero-order chi connectivity index (χ0) is 23.3. The molecule has 0 radical (unpaired) electrons. The molecule has 0 N–H and O–H groups in total. The second-order valence-corrected chi connectivity index (χ2v) is 10.7. The van der Waals surface area contributed by atoms with Crippen molar-refractivity contribution < 1.29 is 23.8 Å². The van der Waals surface area contributed by atoms with Gasteiger partial charge in [-0.2, -0.15) is 0 Å². The fourth-order valence-electron chi connectivity index (χ4n) is 5.26. The van der Waals surface area contributed by atoms with Gasteiger partial charge in [0.2, 0.25) is 0 Å². The molecule has 32 heavy (non-hydrogen) atoms. The lowest BCUT2D eigenvalue weighted by Gasteiger charge is -2.42. The highest BCUT2D eigenvalue weighted by molar-refractivity contribution is 6.06. The molecular formula is C27H34O5. The molecule has 1 heterocycles. The monoisotopic (exact) mass is 438 g/mol. The van der Waals surface area contributed by atoms with Gasteiger partial charge in [0.1, 0.15) is 11.5 Å². The number of hydrogen-bond acceptors (Lipinski definition) is 5. The van der Waals surface area contributed by atoms with E-state index in [0.717, 1.165) is 17.1 Å². The van der Waals surface area contributed by atoms with E-state index >= 15 is 0 Å². The number of allylic oxidation sites excluding steroid dienone is 4. The average molecular weight is 439 g/mol. The van der Waals surface area contributed by atoms with Gasteiger partial charge in [0.15, 0.2) is 23.1 Å². The van der Waals surface area contributed by atoms with Crippen LogP contribution in [-0.4, -0.2) is 24.8 Å². The molecule has 0 aromatic heterocycles. The van der Waals surface area contributed by atoms with Crippen molar-refractivity contribution in [2.24, 2.45) is 10.8 Å². The fourth-order valence-corrected chi connectivity index (χ4v) is 5.26. The van der Waals surface area contributed by atoms with Crippen LogP contribution in [0.3, 0.4) is 0 Å². The first kappa shape index (κ1) is 22.6. The summed E-state index contributed by atoms with van der Waals surface area (Å²) in [5.41, 5.74) is 1.83. The first-order valence-corrected chi connectivity index (χ1v) is 11.6. The summed E-state index contributed by atoms with van der Waals surface area (Å²) in [6.45, 7) is 13.3. The minimum absolute atomic E-state index is 0.0669. The molecule has 2 aliphatic carbocycles. The van der Waals surface area contributed by atoms with Crippen molar-refractivity contribution in [2.75, 3.05) is 13.2 Å². The third-order valence-corrected chi connectivity index (χ3v) is 6.48. The van der Waals surface area contributed by atoms with Gasteiger partial charge < -0.3 is 14.2 Å². The molecule has 1 aromatic carbocycles. The maximum absolute atomic E-state index is 13.4. The van der Waals surface area contributed by atoms with Crippen LogP contribution in [0, 0.1) is 10.8 Å². The van der Waals surface area contributed by atoms with Crippen LogP contribution < -0.4 is 9.47 Å². The minimum Gasteiger partial charge on any atom is -0.490 e. The number of ketones is 2. The van der Waals surface area contributed by atoms with Gasteiger partial charge in [0.25, 0.3) is 0 Å². The Morgan fingerprint density at radius 3 is 1.81 bits per heavy atom. The Labute approximate surface area is 190 Å². The first-order chi connectivity index (χ1) is 15.0. The van der Waals surface area contributed by atoms with E-state index in [-0.39, 0.29) is 22.4 Å². The summed E-state index contributed by atoms with van der Waals surface area (Å²) in [7, 11) is 0. The summed E-state index contributed by atoms with van der Waals surface area (Å²) in [5, 5.41) is 0. The standard InChI is InChI=1S/C27H34O5/c1-7-30-19-10-9-16(11-20(19)31-8-2)23-24-17(28)12-26(3,4)14-21(24)32-22-15-27(5,6)13-18(29)25(22)23/h9-11,23H,7-8,12-15H2,1-6H3. The topological polar surface area (TPSA) is 61.8 Å². The summed E-state index contributed by atoms with van der Waals surface area (Å²) in [6.07, 6.45) is 2.27. The zero-order valence-electron chi connectivity index (χ0n) is 20.1. The van der Waals surface area contributed by atoms with Gasteiger partial charge in [0.05, 0.1) is 13.2 Å². The number of ether oxygens (including phenoxy) is 3. The molecule has 5 heteroatoms. The molecule has 1 aromatic rings. The van der Waals surface area contributed by atoms with Crippen molar-refractivity contribution in [1.82, 2.24) is 0 Å². The van der Waals surface area contributed by atoms with Crippen molar-refractivity contribution >= 4 is 11.6 Å². The Balaban J connectivity index is 1.89. The van der Waals surface area contributed by atoms with Crippen LogP contribution in [-0.2, 0) is 14.3 Å². The molecule has 5 nitrogen and oxygen atoms in total. The van der Waals surface area contributed by atoms with E-state index in [1.807, 2.05) is 32.0 Å². The van der Waals surface area contributed by atoms with Gasteiger partial charge in [-0.05, 0) is 42.4 Å². The van der Waals surface area contributed by atoms with Gasteiger partial charge >= 0.3 is 0 Å². The molecule has 0 amide bonds. The Morgan fingerprint density at radius 2 is 1.31 bits per heavy atom. The van der Waals surface area contributed by atoms with Gasteiger partial charge in [-0.15, -0.1) is 0 Å². The largest absolute Gasteiger partial charge is 0.490 e. The number of rotatable bonds is 5. The van der Waals surface area contributed by atoms with E-state index in [1.165, 1.54) is 0 Å². The van der Waals surface area contributed by atoms with Crippen LogP contribution in [0.5, 0.6) is 11.5 Å². The highest BCUT2D eigenvalue weighted by Crippen LogP contribution is 2.53. The second kappa shape index (κ2) is 8.09. The number of benzene rings is 1. The van der Waals surface area contributed by atoms with Crippen LogP contribution in [0.15, 0.2) is 40.9 Å². The van der Waals surface area contributed by atoms with Crippen LogP contribution in [0.1, 0.15) is 78.7 Å². The summed E-state index contributed by atoms with van der Waals surface area (Å²) < 4.78 is 17.9. The van der Waals surface area contributed by atoms with Crippen molar-refractivity contribution in [3.63, 3.8) is 0 Å². The molecule has 0 bridgehead atoms. The third kappa shape index (κ3) is 4.10. The summed E-state index contributed by atoms with van der Waals surface area (Å²) in [6, 6.07) is 5.77. The van der Waals surface area contributed by atoms with Gasteiger partial charge in [-0.1, -0.05) is 33.8 Å². The average Bonchev–Trinajstić information content (AvgIpc) is 2.66. The van der Waals surface area contributed by atoms with E-state index in [0.29, 0.717) is 61.5 Å². The predicted octanol–water partition coefficient (Wildman–Crippen LogP) is 5.88. The molecule has 0 atom stereocenters. The Kier molecular flexibility index (Phi) is 5.72. The molecule has 172 valence electrons. The summed E-state index contributed by atoms with van der Waals surface area (Å²) >= 11 is 0. The Bertz CT molecular complexity index is 972. The van der Waals surface area contributed by atoms with E-state index in [9.17, 15) is 9.59 Å². The van der Waals surface area contributed by atoms with E-state index < -0.39 is 5.92 Å². The summed E-state index contributed by atoms with van der Waals surface area (Å²) in [4.78, 5) is 26.8. The molecule has 0 saturated heterocycles. The van der Waals surface area contributed by atoms with Crippen LogP contribution in [0.25, 0.3) is 0 Å². The molecule has 0 spiro atoms. The highest BCUT2D eigenvalue weighted by atomic mass is 16.5. The quantitative estimate of drug-likeness (QED) is 0.574. The number of Topliss-reactive ketones (excluding diaryl/α,β-unsaturated/α-hetero) is 2. The van der Waals surface area contributed by atoms with Crippen LogP contribution in [0.4, 0.5) is 0 Å². The Morgan fingerprint density at radius 1 is 0.812 bits per heavy atom. The van der Waals surface area contributed by atoms with Gasteiger partial charge in [-0.3, -0.25) is 9.59 Å². The lowest BCUT2D eigenvalue weighted by Crippen LogP contribution is -2.37. The number of carbonyl (C=O) groups excluding carboxylic acids is 2. The van der Waals surface area contributed by atoms with Crippen LogP contribution in [0.2, 0.25) is 0 Å². The van der Waals surface area contributed by atoms with Crippen molar-refractivity contribution in [2.45, 2.75) is 73.1 Å². The smallest absolute Gasteiger partial charge is 0.163 e. The van der Waals surface area contributed by atoms with Gasteiger partial charge in [0, 0.05) is 42.7 Å². The third-order valence-electron chi connectivity index (χ3n) is 6.48. The minimum atomic E-state index is -0.421. The van der Waals surface area contributed by atoms with Gasteiger partial charge in [-0.25, -0.2) is 0 Å². The summed E-state index contributed by atoms with van der Waals surface area (Å²) in [5.74, 6) is 2.47. The molecule has 3 aliphatic rings. The molecule has 1 aliphatic heterocycles. The van der Waals surface area contributed by atoms with Crippen LogP contribution >= 0.6 is 0 Å². The van der Waals surface area contributed by atoms with E-state index in [1.54, 1.807) is 0 Å². The lowest BCUT2D eigenvalue weighted by molar-refractivity contribution is -0.120. The normalized spacial score (nSPS) is 22.3. The second-order valence-electron chi connectivity index (χ2n) is 10.7. The Hall–Kier alpha value is -2.56. The maximum atomic E-state index is 13.4. The van der Waals surface area contributed by atoms with E-state index in [4.69, 9.17) is 14.2 Å². The highest BCUT2D eigenvalue weighted by Gasteiger charge is 2.47. The SMILES string of the molecule is CCOc1ccc(C2C3=C(CC(C)(C)CC3=O)OC3=C2C(=O)CC(C)(C)C3)cc1OCC. The zero-order valence-corrected chi connectivity index (χ0v) is 20.1. The van der Waals surface area contributed by atoms with Crippen molar-refractivity contribution in [1.29, 1.82) is 0 Å². The fraction of sp³-hybridized carbons (Fsp3) is 0.556. The molecular weight excluding hydrogens is 404 g/mol. The lowest BCUT2D eigenvalue weighted by atomic mass is 9.65. The first-order valence-electron chi connectivity index (χ1n) is 11.6. The van der Waals surface area contributed by atoms with Crippen molar-refractivity contribution in [3.8, 4) is 11.5 Å².